The number of benzene rings is 1. The van der Waals surface area contributed by atoms with E-state index in [1.54, 1.807) is 6.07 Å². The highest BCUT2D eigenvalue weighted by Crippen LogP contribution is 2.11. The summed E-state index contributed by atoms with van der Waals surface area (Å²) in [5.41, 5.74) is 1.35. The fourth-order valence-corrected chi connectivity index (χ4v) is 2.12. The van der Waals surface area contributed by atoms with E-state index in [0.29, 0.717) is 18.8 Å². The number of aliphatic hydroxyl groups excluding tert-OH is 1. The Morgan fingerprint density at radius 2 is 1.86 bits per heavy atom. The molecule has 0 atom stereocenters. The summed E-state index contributed by atoms with van der Waals surface area (Å²) in [5.74, 6) is 4.91. The molecule has 1 aromatic carbocycles. The van der Waals surface area contributed by atoms with E-state index >= 15 is 0 Å². The van der Waals surface area contributed by atoms with Gasteiger partial charge in [0.05, 0.1) is 6.61 Å². The normalized spacial score (nSPS) is 10.2. The van der Waals surface area contributed by atoms with Gasteiger partial charge >= 0.3 is 0 Å². The highest BCUT2D eigenvalue weighted by atomic mass is 19.1. The molecular weight excluding hydrogens is 267 g/mol. The second kappa shape index (κ2) is 11.3. The molecule has 1 N–H and O–H groups in total. The van der Waals surface area contributed by atoms with E-state index in [2.05, 4.69) is 18.8 Å². The van der Waals surface area contributed by atoms with Crippen molar-refractivity contribution in [2.24, 2.45) is 0 Å². The Hall–Kier alpha value is -1.37. The largest absolute Gasteiger partial charge is 0.384 e. The molecule has 0 unspecified atom stereocenters. The van der Waals surface area contributed by atoms with Crippen LogP contribution in [-0.2, 0) is 11.3 Å². The molecule has 0 aliphatic rings. The number of rotatable bonds is 9. The van der Waals surface area contributed by atoms with Crippen LogP contribution in [-0.4, -0.2) is 18.3 Å². The standard InChI is InChI=1S/C18H25FO2/c1-2-3-4-5-6-7-11-21-15-17-12-16(9-8-10-20)13-18(19)14-17/h12-14,20H,2-7,10-11,15H2,1H3. The van der Waals surface area contributed by atoms with Crippen LogP contribution in [0.5, 0.6) is 0 Å². The lowest BCUT2D eigenvalue weighted by Gasteiger charge is -2.05. The summed E-state index contributed by atoms with van der Waals surface area (Å²) in [6, 6.07) is 4.62. The van der Waals surface area contributed by atoms with Crippen molar-refractivity contribution >= 4 is 0 Å². The monoisotopic (exact) mass is 292 g/mol. The van der Waals surface area contributed by atoms with Crippen LogP contribution in [0.25, 0.3) is 0 Å². The third kappa shape index (κ3) is 8.49. The van der Waals surface area contributed by atoms with Crippen LogP contribution in [0.15, 0.2) is 18.2 Å². The molecule has 0 spiro atoms. The summed E-state index contributed by atoms with van der Waals surface area (Å²) < 4.78 is 19.0. The highest BCUT2D eigenvalue weighted by Gasteiger charge is 2.00. The molecule has 0 aliphatic carbocycles. The van der Waals surface area contributed by atoms with Crippen molar-refractivity contribution in [2.45, 2.75) is 52.1 Å². The molecule has 1 rings (SSSR count). The van der Waals surface area contributed by atoms with E-state index in [1.807, 2.05) is 0 Å². The van der Waals surface area contributed by atoms with Gasteiger partial charge < -0.3 is 9.84 Å². The second-order valence-corrected chi connectivity index (χ2v) is 5.13. The van der Waals surface area contributed by atoms with Gasteiger partial charge in [0.15, 0.2) is 0 Å². The number of unbranched alkanes of at least 4 members (excludes halogenated alkanes) is 5. The van der Waals surface area contributed by atoms with Crippen LogP contribution in [0.1, 0.15) is 56.6 Å². The molecule has 116 valence electrons. The van der Waals surface area contributed by atoms with Gasteiger partial charge in [-0.25, -0.2) is 4.39 Å². The Kier molecular flexibility index (Phi) is 9.52. The van der Waals surface area contributed by atoms with E-state index in [0.717, 1.165) is 12.0 Å². The van der Waals surface area contributed by atoms with Gasteiger partial charge in [-0.1, -0.05) is 50.9 Å². The van der Waals surface area contributed by atoms with Crippen molar-refractivity contribution in [1.82, 2.24) is 0 Å². The van der Waals surface area contributed by atoms with Gasteiger partial charge in [0.25, 0.3) is 0 Å². The SMILES string of the molecule is CCCCCCCCOCc1cc(F)cc(C#CCO)c1. The highest BCUT2D eigenvalue weighted by molar-refractivity contribution is 5.37. The summed E-state index contributed by atoms with van der Waals surface area (Å²) in [6.45, 7) is 3.10. The molecule has 0 bridgehead atoms. The van der Waals surface area contributed by atoms with E-state index in [1.165, 1.54) is 44.2 Å². The smallest absolute Gasteiger partial charge is 0.124 e. The third-order valence-corrected chi connectivity index (χ3v) is 3.18. The molecule has 0 saturated carbocycles. The fraction of sp³-hybridized carbons (Fsp3) is 0.556. The first-order chi connectivity index (χ1) is 10.3. The molecule has 0 heterocycles. The van der Waals surface area contributed by atoms with E-state index in [4.69, 9.17) is 9.84 Å². The molecule has 0 aromatic heterocycles. The molecule has 0 saturated heterocycles. The van der Waals surface area contributed by atoms with Crippen LogP contribution in [0.3, 0.4) is 0 Å². The van der Waals surface area contributed by atoms with E-state index in [9.17, 15) is 4.39 Å². The Balaban J connectivity index is 2.27. The zero-order valence-corrected chi connectivity index (χ0v) is 12.8. The van der Waals surface area contributed by atoms with Crippen LogP contribution in [0, 0.1) is 17.7 Å². The van der Waals surface area contributed by atoms with Crippen LogP contribution >= 0.6 is 0 Å². The van der Waals surface area contributed by atoms with Crippen LogP contribution in [0.4, 0.5) is 4.39 Å². The first-order valence-electron chi connectivity index (χ1n) is 7.73. The number of aliphatic hydroxyl groups is 1. The summed E-state index contributed by atoms with van der Waals surface area (Å²) in [7, 11) is 0. The Morgan fingerprint density at radius 3 is 2.62 bits per heavy atom. The maximum Gasteiger partial charge on any atom is 0.124 e. The minimum absolute atomic E-state index is 0.222. The van der Waals surface area contributed by atoms with Crippen molar-refractivity contribution < 1.29 is 14.2 Å². The van der Waals surface area contributed by atoms with Crippen molar-refractivity contribution in [1.29, 1.82) is 0 Å². The predicted octanol–water partition coefficient (Wildman–Crippen LogP) is 4.05. The third-order valence-electron chi connectivity index (χ3n) is 3.18. The average Bonchev–Trinajstić information content (AvgIpc) is 2.47. The topological polar surface area (TPSA) is 29.5 Å². The van der Waals surface area contributed by atoms with Gasteiger partial charge in [0, 0.05) is 12.2 Å². The van der Waals surface area contributed by atoms with Crippen LogP contribution < -0.4 is 0 Å². The summed E-state index contributed by atoms with van der Waals surface area (Å²) >= 11 is 0. The number of halogens is 1. The molecule has 0 aliphatic heterocycles. The quantitative estimate of drug-likeness (QED) is 0.549. The molecule has 3 heteroatoms. The maximum atomic E-state index is 13.4. The van der Waals surface area contributed by atoms with Crippen molar-refractivity contribution in [2.75, 3.05) is 13.2 Å². The molecule has 2 nitrogen and oxygen atoms in total. The summed E-state index contributed by atoms with van der Waals surface area (Å²) in [4.78, 5) is 0. The van der Waals surface area contributed by atoms with Crippen molar-refractivity contribution in [3.8, 4) is 11.8 Å². The van der Waals surface area contributed by atoms with Gasteiger partial charge in [-0.15, -0.1) is 0 Å². The fourth-order valence-electron chi connectivity index (χ4n) is 2.12. The molecule has 0 amide bonds. The Morgan fingerprint density at radius 1 is 1.10 bits per heavy atom. The molecule has 0 fully saturated rings. The lowest BCUT2D eigenvalue weighted by molar-refractivity contribution is 0.116. The Labute approximate surface area is 127 Å². The van der Waals surface area contributed by atoms with Gasteiger partial charge in [0.2, 0.25) is 0 Å². The zero-order chi connectivity index (χ0) is 15.3. The van der Waals surface area contributed by atoms with Gasteiger partial charge in [-0.05, 0) is 30.2 Å². The van der Waals surface area contributed by atoms with Gasteiger partial charge in [0.1, 0.15) is 12.4 Å². The number of ether oxygens (including phenoxy) is 1. The minimum atomic E-state index is -0.321. The zero-order valence-electron chi connectivity index (χ0n) is 12.8. The molecule has 0 radical (unpaired) electrons. The molecule has 21 heavy (non-hydrogen) atoms. The summed E-state index contributed by atoms with van der Waals surface area (Å²) in [6.07, 6.45) is 7.37. The predicted molar refractivity (Wildman–Crippen MR) is 83.4 cm³/mol. The second-order valence-electron chi connectivity index (χ2n) is 5.13. The van der Waals surface area contributed by atoms with Crippen LogP contribution in [0.2, 0.25) is 0 Å². The Bertz CT molecular complexity index is 460. The lowest BCUT2D eigenvalue weighted by atomic mass is 10.1. The molecule has 1 aromatic rings. The van der Waals surface area contributed by atoms with Gasteiger partial charge in [-0.3, -0.25) is 0 Å². The van der Waals surface area contributed by atoms with Crippen molar-refractivity contribution in [3.05, 3.63) is 35.1 Å². The van der Waals surface area contributed by atoms with Gasteiger partial charge in [-0.2, -0.15) is 0 Å². The first-order valence-corrected chi connectivity index (χ1v) is 7.73. The number of hydrogen-bond donors (Lipinski definition) is 1. The molecular formula is C18H25FO2. The summed E-state index contributed by atoms with van der Waals surface area (Å²) in [5, 5.41) is 8.65. The lowest BCUT2D eigenvalue weighted by Crippen LogP contribution is -1.97. The van der Waals surface area contributed by atoms with Crippen molar-refractivity contribution in [3.63, 3.8) is 0 Å². The maximum absolute atomic E-state index is 13.4. The average molecular weight is 292 g/mol. The first kappa shape index (κ1) is 17.7. The van der Waals surface area contributed by atoms with E-state index in [-0.39, 0.29) is 12.4 Å². The minimum Gasteiger partial charge on any atom is -0.384 e. The number of hydrogen-bond acceptors (Lipinski definition) is 2. The van der Waals surface area contributed by atoms with E-state index < -0.39 is 0 Å².